The standard InChI is InChI=1S/C8H5F4NO.C8H7F3.CO2/c9-7(14)13-6-3-1-5(2-4-6)8(10,11)12;1-6-2-4-7(5-3-6)8(9,10)11;2-1-3/h1-4H,(H,13,14);2-5H,1H3;. The Kier molecular flexibility index (Phi) is 9.59. The Balaban J connectivity index is 0.000000466. The third kappa shape index (κ3) is 10.1. The summed E-state index contributed by atoms with van der Waals surface area (Å²) in [4.78, 5) is 26.1. The number of carbonyl (C=O) groups excluding carboxylic acids is 3. The van der Waals surface area contributed by atoms with Crippen LogP contribution in [-0.4, -0.2) is 12.3 Å². The van der Waals surface area contributed by atoms with Crippen LogP contribution in [0.2, 0.25) is 0 Å². The molecule has 0 aliphatic rings. The van der Waals surface area contributed by atoms with Crippen LogP contribution in [0.15, 0.2) is 48.5 Å². The van der Waals surface area contributed by atoms with Gasteiger partial charge in [0, 0.05) is 5.69 Å². The van der Waals surface area contributed by atoms with E-state index in [9.17, 15) is 35.5 Å². The van der Waals surface area contributed by atoms with Gasteiger partial charge in [0.1, 0.15) is 0 Å². The molecule has 152 valence electrons. The van der Waals surface area contributed by atoms with E-state index in [4.69, 9.17) is 9.59 Å². The lowest BCUT2D eigenvalue weighted by molar-refractivity contribution is -0.191. The molecule has 0 saturated heterocycles. The zero-order valence-corrected chi connectivity index (χ0v) is 14.0. The monoisotopic (exact) mass is 411 g/mol. The van der Waals surface area contributed by atoms with E-state index in [0.717, 1.165) is 42.0 Å². The number of benzene rings is 2. The highest BCUT2D eigenvalue weighted by Crippen LogP contribution is 2.30. The minimum absolute atomic E-state index is 0.0227. The molecule has 2 aromatic rings. The Bertz CT molecular complexity index is 776. The van der Waals surface area contributed by atoms with E-state index in [-0.39, 0.29) is 11.8 Å². The number of halogens is 7. The van der Waals surface area contributed by atoms with Gasteiger partial charge in [-0.3, -0.25) is 5.32 Å². The number of amides is 1. The molecule has 11 heteroatoms. The first-order chi connectivity index (χ1) is 12.8. The van der Waals surface area contributed by atoms with Crippen molar-refractivity contribution in [2.45, 2.75) is 19.3 Å². The van der Waals surface area contributed by atoms with Crippen LogP contribution in [0.4, 0.5) is 41.2 Å². The SMILES string of the molecule is Cc1ccc(C(F)(F)F)cc1.O=C(F)Nc1ccc(C(F)(F)F)cc1.O=C=O. The topological polar surface area (TPSA) is 63.2 Å². The van der Waals surface area contributed by atoms with Crippen LogP contribution in [0.1, 0.15) is 16.7 Å². The predicted octanol–water partition coefficient (Wildman–Crippen LogP) is 5.64. The van der Waals surface area contributed by atoms with Crippen LogP contribution < -0.4 is 5.32 Å². The van der Waals surface area contributed by atoms with Crippen LogP contribution in [0, 0.1) is 6.92 Å². The van der Waals surface area contributed by atoms with Gasteiger partial charge < -0.3 is 0 Å². The van der Waals surface area contributed by atoms with Crippen molar-refractivity contribution in [1.29, 1.82) is 0 Å². The number of anilines is 1. The number of hydrogen-bond acceptors (Lipinski definition) is 3. The fourth-order valence-electron chi connectivity index (χ4n) is 1.60. The highest BCUT2D eigenvalue weighted by Gasteiger charge is 2.30. The molecular formula is C17H12F7NO3. The van der Waals surface area contributed by atoms with E-state index in [1.807, 2.05) is 0 Å². The van der Waals surface area contributed by atoms with Crippen molar-refractivity contribution in [2.75, 3.05) is 5.32 Å². The van der Waals surface area contributed by atoms with E-state index in [2.05, 4.69) is 0 Å². The summed E-state index contributed by atoms with van der Waals surface area (Å²) < 4.78 is 83.6. The van der Waals surface area contributed by atoms with E-state index in [1.54, 1.807) is 12.2 Å². The van der Waals surface area contributed by atoms with E-state index >= 15 is 0 Å². The molecular weight excluding hydrogens is 399 g/mol. The first-order valence-electron chi connectivity index (χ1n) is 7.08. The normalized spacial score (nSPS) is 10.4. The third-order valence-electron chi connectivity index (χ3n) is 2.83. The van der Waals surface area contributed by atoms with E-state index in [0.29, 0.717) is 0 Å². The second kappa shape index (κ2) is 10.8. The van der Waals surface area contributed by atoms with E-state index < -0.39 is 29.6 Å². The summed E-state index contributed by atoms with van der Waals surface area (Å²) in [5, 5.41) is 1.71. The molecule has 4 nitrogen and oxygen atoms in total. The molecule has 0 atom stereocenters. The number of carbonyl (C=O) groups is 1. The van der Waals surface area contributed by atoms with Gasteiger partial charge in [-0.1, -0.05) is 17.7 Å². The average Bonchev–Trinajstić information content (AvgIpc) is 2.55. The van der Waals surface area contributed by atoms with Crippen molar-refractivity contribution in [1.82, 2.24) is 0 Å². The number of aryl methyl sites for hydroxylation is 1. The Hall–Kier alpha value is -3.20. The molecule has 0 aliphatic carbocycles. The molecule has 0 aromatic heterocycles. The fourth-order valence-corrected chi connectivity index (χ4v) is 1.60. The van der Waals surface area contributed by atoms with Crippen molar-refractivity contribution < 1.29 is 45.1 Å². The van der Waals surface area contributed by atoms with Crippen LogP contribution >= 0.6 is 0 Å². The van der Waals surface area contributed by atoms with Crippen LogP contribution in [0.3, 0.4) is 0 Å². The van der Waals surface area contributed by atoms with Crippen molar-refractivity contribution in [3.05, 3.63) is 65.2 Å². The lowest BCUT2D eigenvalue weighted by Gasteiger charge is -2.06. The predicted molar refractivity (Wildman–Crippen MR) is 82.8 cm³/mol. The fraction of sp³-hybridized carbons (Fsp3) is 0.176. The van der Waals surface area contributed by atoms with Gasteiger partial charge in [0.2, 0.25) is 0 Å². The number of alkyl halides is 6. The highest BCUT2D eigenvalue weighted by atomic mass is 19.4. The Morgan fingerprint density at radius 3 is 1.39 bits per heavy atom. The number of nitrogens with one attached hydrogen (secondary N) is 1. The van der Waals surface area contributed by atoms with Crippen LogP contribution in [0.5, 0.6) is 0 Å². The molecule has 0 unspecified atom stereocenters. The van der Waals surface area contributed by atoms with Crippen molar-refractivity contribution in [3.63, 3.8) is 0 Å². The van der Waals surface area contributed by atoms with Gasteiger partial charge in [-0.25, -0.2) is 4.79 Å². The summed E-state index contributed by atoms with van der Waals surface area (Å²) in [5.41, 5.74) is -0.638. The molecule has 2 aromatic carbocycles. The molecule has 0 heterocycles. The molecule has 0 spiro atoms. The Morgan fingerprint density at radius 1 is 0.786 bits per heavy atom. The maximum absolute atomic E-state index is 12.0. The van der Waals surface area contributed by atoms with Crippen molar-refractivity contribution in [3.8, 4) is 0 Å². The van der Waals surface area contributed by atoms with Crippen LogP contribution in [-0.2, 0) is 21.9 Å². The zero-order valence-electron chi connectivity index (χ0n) is 14.0. The van der Waals surface area contributed by atoms with Gasteiger partial charge in [0.25, 0.3) is 0 Å². The summed E-state index contributed by atoms with van der Waals surface area (Å²) in [6.07, 6.45) is -10.2. The van der Waals surface area contributed by atoms with Gasteiger partial charge >= 0.3 is 24.7 Å². The molecule has 2 rings (SSSR count). The average molecular weight is 411 g/mol. The first kappa shape index (κ1) is 24.8. The largest absolute Gasteiger partial charge is 0.416 e. The summed E-state index contributed by atoms with van der Waals surface area (Å²) in [6, 6.07) is 8.51. The van der Waals surface area contributed by atoms with Gasteiger partial charge in [-0.15, -0.1) is 4.39 Å². The van der Waals surface area contributed by atoms with Crippen LogP contribution in [0.25, 0.3) is 0 Å². The van der Waals surface area contributed by atoms with Gasteiger partial charge in [0.05, 0.1) is 11.1 Å². The van der Waals surface area contributed by atoms with Crippen molar-refractivity contribution in [2.24, 2.45) is 0 Å². The Morgan fingerprint density at radius 2 is 1.11 bits per heavy atom. The lowest BCUT2D eigenvalue weighted by Crippen LogP contribution is -2.06. The Labute approximate surface area is 154 Å². The number of rotatable bonds is 1. The molecule has 0 aliphatic heterocycles. The number of hydrogen-bond donors (Lipinski definition) is 1. The van der Waals surface area contributed by atoms with Crippen molar-refractivity contribution >= 4 is 18.0 Å². The summed E-state index contributed by atoms with van der Waals surface area (Å²) in [5.74, 6) is 0. The maximum Gasteiger partial charge on any atom is 0.416 e. The van der Waals surface area contributed by atoms with Gasteiger partial charge in [-0.05, 0) is 43.3 Å². The minimum atomic E-state index is -4.43. The van der Waals surface area contributed by atoms with E-state index in [1.165, 1.54) is 12.1 Å². The zero-order chi connectivity index (χ0) is 22.0. The summed E-state index contributed by atoms with van der Waals surface area (Å²) in [7, 11) is 0. The summed E-state index contributed by atoms with van der Waals surface area (Å²) >= 11 is 0. The minimum Gasteiger partial charge on any atom is -0.298 e. The summed E-state index contributed by atoms with van der Waals surface area (Å²) in [6.45, 7) is 1.75. The first-order valence-corrected chi connectivity index (χ1v) is 7.08. The molecule has 0 radical (unpaired) electrons. The maximum atomic E-state index is 12.0. The molecule has 0 saturated carbocycles. The second-order valence-corrected chi connectivity index (χ2v) is 4.92. The highest BCUT2D eigenvalue weighted by molar-refractivity contribution is 5.83. The molecule has 28 heavy (non-hydrogen) atoms. The lowest BCUT2D eigenvalue weighted by atomic mass is 10.1. The molecule has 0 bridgehead atoms. The van der Waals surface area contributed by atoms with Gasteiger partial charge in [0.15, 0.2) is 0 Å². The third-order valence-corrected chi connectivity index (χ3v) is 2.83. The molecule has 1 N–H and O–H groups in total. The smallest absolute Gasteiger partial charge is 0.298 e. The second-order valence-electron chi connectivity index (χ2n) is 4.92. The molecule has 0 fully saturated rings. The van der Waals surface area contributed by atoms with Gasteiger partial charge in [-0.2, -0.15) is 35.9 Å². The quantitative estimate of drug-likeness (QED) is 0.376. The molecule has 1 amide bonds.